The van der Waals surface area contributed by atoms with Crippen molar-refractivity contribution in [1.29, 1.82) is 0 Å². The summed E-state index contributed by atoms with van der Waals surface area (Å²) in [6, 6.07) is 3.31. The van der Waals surface area contributed by atoms with Crippen LogP contribution in [0.5, 0.6) is 0 Å². The minimum Gasteiger partial charge on any atom is -0.444 e. The maximum atomic E-state index is 13.2. The highest BCUT2D eigenvalue weighted by Crippen LogP contribution is 2.34. The number of nitrogens with one attached hydrogen (secondary N) is 1. The quantitative estimate of drug-likeness (QED) is 0.644. The smallest absolute Gasteiger partial charge is 0.410 e. The van der Waals surface area contributed by atoms with E-state index in [-0.39, 0.29) is 35.6 Å². The molecule has 1 N–H and O–H groups in total. The molecule has 6 heterocycles. The number of nitrogens with zero attached hydrogens (tertiary/aromatic N) is 6. The van der Waals surface area contributed by atoms with E-state index in [1.807, 2.05) is 20.8 Å². The molecule has 3 aromatic heterocycles. The Hall–Kier alpha value is -3.63. The number of piperazine rings is 1. The zero-order chi connectivity index (χ0) is 22.8. The van der Waals surface area contributed by atoms with Crippen molar-refractivity contribution in [3.63, 3.8) is 0 Å². The fourth-order valence-electron chi connectivity index (χ4n) is 4.42. The van der Waals surface area contributed by atoms with Gasteiger partial charge in [0, 0.05) is 19.3 Å². The van der Waals surface area contributed by atoms with Gasteiger partial charge in [0.05, 0.1) is 29.5 Å². The van der Waals surface area contributed by atoms with Gasteiger partial charge in [-0.05, 0) is 46.2 Å². The number of carbonyl (C=O) groups excluding carboxylic acids is 2. The lowest BCUT2D eigenvalue weighted by Crippen LogP contribution is -2.71. The van der Waals surface area contributed by atoms with Gasteiger partial charge >= 0.3 is 6.09 Å². The zero-order valence-electron chi connectivity index (χ0n) is 18.4. The third kappa shape index (κ3) is 3.24. The van der Waals surface area contributed by atoms with E-state index in [1.54, 1.807) is 35.1 Å². The molecule has 3 saturated heterocycles. The summed E-state index contributed by atoms with van der Waals surface area (Å²) in [4.78, 5) is 44.2. The Kier molecular flexibility index (Phi) is 4.40. The molecule has 0 saturated carbocycles. The topological polar surface area (TPSA) is 118 Å². The Balaban J connectivity index is 1.34. The summed E-state index contributed by atoms with van der Waals surface area (Å²) >= 11 is 0. The molecule has 3 fully saturated rings. The van der Waals surface area contributed by atoms with Gasteiger partial charge in [-0.2, -0.15) is 5.10 Å². The first-order valence-corrected chi connectivity index (χ1v) is 10.6. The van der Waals surface area contributed by atoms with Crippen LogP contribution < -0.4 is 5.56 Å². The SMILES string of the molecule is Cc1c(C(=O)N2CC3CC(C2)N3C(=O)OC(C)(C)C)cnn1-c1nn2cccc2c(=O)[nH]1. The lowest BCUT2D eigenvalue weighted by molar-refractivity contribution is -0.0693. The minimum absolute atomic E-state index is 0.0444. The van der Waals surface area contributed by atoms with Crippen molar-refractivity contribution >= 4 is 17.5 Å². The van der Waals surface area contributed by atoms with E-state index in [4.69, 9.17) is 4.74 Å². The van der Waals surface area contributed by atoms with Crippen LogP contribution in [0.4, 0.5) is 4.79 Å². The van der Waals surface area contributed by atoms with Gasteiger partial charge in [0.1, 0.15) is 11.1 Å². The van der Waals surface area contributed by atoms with E-state index in [9.17, 15) is 14.4 Å². The molecule has 32 heavy (non-hydrogen) atoms. The molecule has 2 amide bonds. The molecule has 3 aliphatic heterocycles. The molecule has 11 nitrogen and oxygen atoms in total. The molecule has 168 valence electrons. The molecule has 11 heteroatoms. The second-order valence-electron chi connectivity index (χ2n) is 9.31. The van der Waals surface area contributed by atoms with Gasteiger partial charge in [0.15, 0.2) is 0 Å². The van der Waals surface area contributed by atoms with Crippen molar-refractivity contribution in [3.05, 3.63) is 46.1 Å². The molecule has 6 rings (SSSR count). The molecular weight excluding hydrogens is 414 g/mol. The number of piperidine rings is 1. The number of fused-ring (bicyclic) bond motifs is 3. The molecule has 0 aliphatic carbocycles. The number of ether oxygens (including phenoxy) is 1. The average molecular weight is 439 g/mol. The summed E-state index contributed by atoms with van der Waals surface area (Å²) in [5, 5.41) is 8.66. The number of rotatable bonds is 2. The van der Waals surface area contributed by atoms with Crippen LogP contribution in [0.2, 0.25) is 0 Å². The number of carbonyl (C=O) groups is 2. The largest absolute Gasteiger partial charge is 0.444 e. The van der Waals surface area contributed by atoms with Gasteiger partial charge in [0.25, 0.3) is 11.5 Å². The van der Waals surface area contributed by atoms with Crippen LogP contribution in [-0.4, -0.2) is 77.0 Å². The highest BCUT2D eigenvalue weighted by atomic mass is 16.6. The number of H-pyrrole nitrogens is 1. The minimum atomic E-state index is -0.555. The Labute approximate surface area is 183 Å². The second kappa shape index (κ2) is 6.94. The van der Waals surface area contributed by atoms with Gasteiger partial charge in [-0.1, -0.05) is 0 Å². The Bertz CT molecular complexity index is 1270. The van der Waals surface area contributed by atoms with Crippen molar-refractivity contribution in [2.45, 2.75) is 51.8 Å². The third-order valence-corrected chi connectivity index (χ3v) is 5.91. The number of hydrogen-bond acceptors (Lipinski definition) is 6. The second-order valence-corrected chi connectivity index (χ2v) is 9.31. The molecular formula is C21H25N7O4. The van der Waals surface area contributed by atoms with Crippen LogP contribution in [0.3, 0.4) is 0 Å². The van der Waals surface area contributed by atoms with E-state index in [0.29, 0.717) is 29.9 Å². The van der Waals surface area contributed by atoms with Gasteiger partial charge < -0.3 is 9.64 Å². The highest BCUT2D eigenvalue weighted by Gasteiger charge is 2.50. The van der Waals surface area contributed by atoms with Crippen molar-refractivity contribution in [2.24, 2.45) is 0 Å². The summed E-state index contributed by atoms with van der Waals surface area (Å²) in [6.45, 7) is 8.18. The monoisotopic (exact) mass is 439 g/mol. The zero-order valence-corrected chi connectivity index (χ0v) is 18.4. The fraction of sp³-hybridized carbons (Fsp3) is 0.476. The Morgan fingerprint density at radius 3 is 2.62 bits per heavy atom. The van der Waals surface area contributed by atoms with Gasteiger partial charge in [-0.3, -0.25) is 19.5 Å². The first-order chi connectivity index (χ1) is 15.1. The number of aromatic amines is 1. The van der Waals surface area contributed by atoms with E-state index >= 15 is 0 Å². The van der Waals surface area contributed by atoms with Gasteiger partial charge in [0.2, 0.25) is 5.95 Å². The van der Waals surface area contributed by atoms with Crippen molar-refractivity contribution < 1.29 is 14.3 Å². The van der Waals surface area contributed by atoms with Crippen molar-refractivity contribution in [3.8, 4) is 5.95 Å². The Morgan fingerprint density at radius 2 is 1.94 bits per heavy atom. The lowest BCUT2D eigenvalue weighted by Gasteiger charge is -2.55. The number of amides is 2. The number of hydrogen-bond donors (Lipinski definition) is 1. The van der Waals surface area contributed by atoms with Gasteiger partial charge in [-0.15, -0.1) is 5.10 Å². The average Bonchev–Trinajstić information content (AvgIpc) is 3.32. The molecule has 0 radical (unpaired) electrons. The Morgan fingerprint density at radius 1 is 1.22 bits per heavy atom. The van der Waals surface area contributed by atoms with Crippen LogP contribution in [-0.2, 0) is 4.74 Å². The first-order valence-electron chi connectivity index (χ1n) is 10.6. The summed E-state index contributed by atoms with van der Waals surface area (Å²) in [6.07, 6.45) is 3.70. The maximum absolute atomic E-state index is 13.2. The molecule has 3 aliphatic rings. The predicted molar refractivity (Wildman–Crippen MR) is 114 cm³/mol. The van der Waals surface area contributed by atoms with Crippen LogP contribution >= 0.6 is 0 Å². The van der Waals surface area contributed by atoms with Crippen LogP contribution in [0.25, 0.3) is 11.5 Å². The lowest BCUT2D eigenvalue weighted by atomic mass is 9.87. The highest BCUT2D eigenvalue weighted by molar-refractivity contribution is 5.95. The summed E-state index contributed by atoms with van der Waals surface area (Å²) < 4.78 is 8.42. The molecule has 2 atom stereocenters. The maximum Gasteiger partial charge on any atom is 0.410 e. The number of aromatic nitrogens is 5. The van der Waals surface area contributed by atoms with Crippen LogP contribution in [0.1, 0.15) is 43.2 Å². The van der Waals surface area contributed by atoms with E-state index in [2.05, 4.69) is 15.2 Å². The normalized spacial score (nSPS) is 20.4. The summed E-state index contributed by atoms with van der Waals surface area (Å²) in [5.74, 6) is 0.0736. The molecule has 3 aromatic rings. The van der Waals surface area contributed by atoms with Crippen LogP contribution in [0, 0.1) is 6.92 Å². The molecule has 2 bridgehead atoms. The third-order valence-electron chi connectivity index (χ3n) is 5.91. The molecule has 2 unspecified atom stereocenters. The van der Waals surface area contributed by atoms with Gasteiger partial charge in [-0.25, -0.2) is 14.0 Å². The fourth-order valence-corrected chi connectivity index (χ4v) is 4.42. The van der Waals surface area contributed by atoms with Crippen molar-refractivity contribution in [1.82, 2.24) is 34.2 Å². The summed E-state index contributed by atoms with van der Waals surface area (Å²) in [5.41, 5.74) is 0.595. The molecule has 0 aromatic carbocycles. The predicted octanol–water partition coefficient (Wildman–Crippen LogP) is 1.35. The first kappa shape index (κ1) is 20.3. The van der Waals surface area contributed by atoms with E-state index in [1.165, 1.54) is 15.4 Å². The summed E-state index contributed by atoms with van der Waals surface area (Å²) in [7, 11) is 0. The van der Waals surface area contributed by atoms with Crippen LogP contribution in [0.15, 0.2) is 29.3 Å². The van der Waals surface area contributed by atoms with Crippen molar-refractivity contribution in [2.75, 3.05) is 13.1 Å². The van der Waals surface area contributed by atoms with E-state index < -0.39 is 5.60 Å². The van der Waals surface area contributed by atoms with E-state index in [0.717, 1.165) is 6.42 Å². The standard InChI is InChI=1S/C21H25N7O4/c1-12-15(9-22-28(12)19-23-17(29)16-6-5-7-26(16)24-19)18(30)25-10-13-8-14(11-25)27(13)20(31)32-21(2,3)4/h5-7,9,13-14H,8,10-11H2,1-4H3,(H,23,24,29). The molecule has 0 spiro atoms.